The summed E-state index contributed by atoms with van der Waals surface area (Å²) >= 11 is 0. The third kappa shape index (κ3) is 2.15. The number of hydrogen-bond donors (Lipinski definition) is 2. The number of aromatic nitrogens is 3. The van der Waals surface area contributed by atoms with Crippen LogP contribution < -0.4 is 5.73 Å². The quantitative estimate of drug-likeness (QED) is 0.745. The van der Waals surface area contributed by atoms with Gasteiger partial charge in [-0.2, -0.15) is 5.10 Å². The summed E-state index contributed by atoms with van der Waals surface area (Å²) in [6.45, 7) is 0.399. The third-order valence-corrected chi connectivity index (χ3v) is 2.98. The van der Waals surface area contributed by atoms with Crippen LogP contribution in [0.5, 0.6) is 0 Å². The number of pyridine rings is 1. The molecule has 0 spiro atoms. The van der Waals surface area contributed by atoms with Gasteiger partial charge in [0.2, 0.25) is 0 Å². The van der Waals surface area contributed by atoms with Crippen molar-refractivity contribution in [2.24, 2.45) is 0 Å². The van der Waals surface area contributed by atoms with Crippen LogP contribution in [0.1, 0.15) is 0 Å². The summed E-state index contributed by atoms with van der Waals surface area (Å²) in [4.78, 5) is 4.57. The van der Waals surface area contributed by atoms with Crippen LogP contribution in [-0.2, 0) is 6.54 Å². The topological polar surface area (TPSA) is 77.0 Å². The van der Waals surface area contributed by atoms with Gasteiger partial charge in [0.15, 0.2) is 0 Å². The molecule has 3 N–H and O–H groups in total. The van der Waals surface area contributed by atoms with E-state index in [1.807, 2.05) is 36.4 Å². The van der Waals surface area contributed by atoms with Crippen LogP contribution in [0.25, 0.3) is 22.3 Å². The number of fused-ring (bicyclic) bond motifs is 1. The van der Waals surface area contributed by atoms with E-state index in [4.69, 9.17) is 10.8 Å². The van der Waals surface area contributed by atoms with Crippen molar-refractivity contribution in [1.82, 2.24) is 14.8 Å². The molecule has 1 aromatic carbocycles. The molecule has 5 nitrogen and oxygen atoms in total. The fourth-order valence-electron chi connectivity index (χ4n) is 2.04. The van der Waals surface area contributed by atoms with Gasteiger partial charge in [0.1, 0.15) is 11.5 Å². The van der Waals surface area contributed by atoms with Gasteiger partial charge in [0, 0.05) is 11.5 Å². The van der Waals surface area contributed by atoms with E-state index in [-0.39, 0.29) is 6.61 Å². The predicted molar refractivity (Wildman–Crippen MR) is 74.5 cm³/mol. The molecule has 3 rings (SSSR count). The number of para-hydroxylation sites is 1. The molecule has 0 saturated carbocycles. The summed E-state index contributed by atoms with van der Waals surface area (Å²) in [6, 6.07) is 13.6. The van der Waals surface area contributed by atoms with E-state index in [0.29, 0.717) is 12.4 Å². The second-order valence-electron chi connectivity index (χ2n) is 4.29. The fraction of sp³-hybridized carbons (Fsp3) is 0.143. The largest absolute Gasteiger partial charge is 0.394 e. The number of aliphatic hydroxyl groups excluding tert-OH is 1. The number of nitrogen functional groups attached to an aromatic ring is 1. The first-order valence-corrected chi connectivity index (χ1v) is 6.08. The van der Waals surface area contributed by atoms with E-state index >= 15 is 0 Å². The van der Waals surface area contributed by atoms with Gasteiger partial charge in [-0.1, -0.05) is 24.3 Å². The zero-order chi connectivity index (χ0) is 13.2. The van der Waals surface area contributed by atoms with Crippen LogP contribution >= 0.6 is 0 Å². The van der Waals surface area contributed by atoms with Crippen molar-refractivity contribution >= 4 is 16.7 Å². The first-order valence-electron chi connectivity index (χ1n) is 6.08. The average molecular weight is 254 g/mol. The molecule has 0 radical (unpaired) electrons. The van der Waals surface area contributed by atoms with Crippen molar-refractivity contribution in [1.29, 1.82) is 0 Å². The number of rotatable bonds is 3. The van der Waals surface area contributed by atoms with Gasteiger partial charge in [0.25, 0.3) is 0 Å². The second-order valence-corrected chi connectivity index (χ2v) is 4.29. The lowest BCUT2D eigenvalue weighted by atomic mass is 10.2. The molecule has 0 aliphatic carbocycles. The van der Waals surface area contributed by atoms with Gasteiger partial charge in [-0.3, -0.25) is 0 Å². The van der Waals surface area contributed by atoms with E-state index in [2.05, 4.69) is 10.1 Å². The van der Waals surface area contributed by atoms with E-state index in [1.165, 1.54) is 0 Å². The minimum absolute atomic E-state index is 0.0104. The lowest BCUT2D eigenvalue weighted by Crippen LogP contribution is -2.07. The first kappa shape index (κ1) is 11.7. The maximum Gasteiger partial charge on any atom is 0.122 e. The molecule has 0 amide bonds. The molecule has 19 heavy (non-hydrogen) atoms. The van der Waals surface area contributed by atoms with Crippen LogP contribution in [0.3, 0.4) is 0 Å². The minimum Gasteiger partial charge on any atom is -0.394 e. The van der Waals surface area contributed by atoms with Crippen LogP contribution in [0, 0.1) is 0 Å². The Kier molecular flexibility index (Phi) is 2.89. The van der Waals surface area contributed by atoms with Crippen molar-refractivity contribution in [2.45, 2.75) is 6.54 Å². The third-order valence-electron chi connectivity index (χ3n) is 2.98. The SMILES string of the molecule is Nc1cc(-c2ccc3ccccc3n2)nn1CCO. The fourth-order valence-corrected chi connectivity index (χ4v) is 2.04. The average Bonchev–Trinajstić information content (AvgIpc) is 2.80. The van der Waals surface area contributed by atoms with Crippen LogP contribution in [0.4, 0.5) is 5.82 Å². The highest BCUT2D eigenvalue weighted by Crippen LogP contribution is 2.21. The van der Waals surface area contributed by atoms with Crippen LogP contribution in [0.15, 0.2) is 42.5 Å². The maximum absolute atomic E-state index is 8.93. The predicted octanol–water partition coefficient (Wildman–Crippen LogP) is 1.67. The van der Waals surface area contributed by atoms with E-state index in [1.54, 1.807) is 10.7 Å². The van der Waals surface area contributed by atoms with Crippen LogP contribution in [0.2, 0.25) is 0 Å². The molecule has 0 fully saturated rings. The Hall–Kier alpha value is -2.40. The summed E-state index contributed by atoms with van der Waals surface area (Å²) in [5.41, 5.74) is 8.26. The summed E-state index contributed by atoms with van der Waals surface area (Å²) in [7, 11) is 0. The highest BCUT2D eigenvalue weighted by atomic mass is 16.3. The molecule has 2 aromatic heterocycles. The number of nitrogens with zero attached hydrogens (tertiary/aromatic N) is 3. The Morgan fingerprint density at radius 3 is 2.79 bits per heavy atom. The number of nitrogens with two attached hydrogens (primary N) is 1. The molecule has 3 aromatic rings. The number of anilines is 1. The lowest BCUT2D eigenvalue weighted by Gasteiger charge is -2.00. The Balaban J connectivity index is 2.06. The molecule has 5 heteroatoms. The Labute approximate surface area is 110 Å². The zero-order valence-corrected chi connectivity index (χ0v) is 10.3. The van der Waals surface area contributed by atoms with E-state index in [0.717, 1.165) is 22.3 Å². The number of hydrogen-bond acceptors (Lipinski definition) is 4. The molecule has 0 aliphatic rings. The molecule has 96 valence electrons. The minimum atomic E-state index is 0.0104. The molecular formula is C14H14N4O. The van der Waals surface area contributed by atoms with E-state index in [9.17, 15) is 0 Å². The molecular weight excluding hydrogens is 240 g/mol. The summed E-state index contributed by atoms with van der Waals surface area (Å²) < 4.78 is 1.58. The van der Waals surface area contributed by atoms with Crippen LogP contribution in [-0.4, -0.2) is 26.5 Å². The first-order chi connectivity index (χ1) is 9.28. The Morgan fingerprint density at radius 1 is 1.11 bits per heavy atom. The molecule has 0 saturated heterocycles. The summed E-state index contributed by atoms with van der Waals surface area (Å²) in [5.74, 6) is 0.527. The standard InChI is InChI=1S/C14H14N4O/c15-14-9-13(17-18(14)7-8-19)12-6-5-10-3-1-2-4-11(10)16-12/h1-6,9,19H,7-8,15H2. The molecule has 2 heterocycles. The van der Waals surface area contributed by atoms with Gasteiger partial charge in [-0.25, -0.2) is 9.67 Å². The van der Waals surface area contributed by atoms with Crippen molar-refractivity contribution < 1.29 is 5.11 Å². The molecule has 0 aliphatic heterocycles. The highest BCUT2D eigenvalue weighted by molar-refractivity contribution is 5.81. The lowest BCUT2D eigenvalue weighted by molar-refractivity contribution is 0.270. The second kappa shape index (κ2) is 4.70. The maximum atomic E-state index is 8.93. The smallest absolute Gasteiger partial charge is 0.122 e. The normalized spacial score (nSPS) is 11.0. The number of aliphatic hydroxyl groups is 1. The van der Waals surface area contributed by atoms with Crippen molar-refractivity contribution in [3.8, 4) is 11.4 Å². The van der Waals surface area contributed by atoms with E-state index < -0.39 is 0 Å². The number of benzene rings is 1. The Morgan fingerprint density at radius 2 is 1.95 bits per heavy atom. The van der Waals surface area contributed by atoms with Crippen molar-refractivity contribution in [2.75, 3.05) is 12.3 Å². The monoisotopic (exact) mass is 254 g/mol. The molecule has 0 unspecified atom stereocenters. The molecule has 0 atom stereocenters. The van der Waals surface area contributed by atoms with Gasteiger partial charge in [-0.05, 0) is 12.1 Å². The van der Waals surface area contributed by atoms with Crippen molar-refractivity contribution in [3.63, 3.8) is 0 Å². The Bertz CT molecular complexity index is 720. The van der Waals surface area contributed by atoms with Gasteiger partial charge < -0.3 is 10.8 Å². The van der Waals surface area contributed by atoms with Gasteiger partial charge >= 0.3 is 0 Å². The summed E-state index contributed by atoms with van der Waals surface area (Å²) in [6.07, 6.45) is 0. The molecule has 0 bridgehead atoms. The zero-order valence-electron chi connectivity index (χ0n) is 10.3. The highest BCUT2D eigenvalue weighted by Gasteiger charge is 2.08. The van der Waals surface area contributed by atoms with Gasteiger partial charge in [-0.15, -0.1) is 0 Å². The summed E-state index contributed by atoms with van der Waals surface area (Å²) in [5, 5.41) is 14.4. The van der Waals surface area contributed by atoms with Crippen molar-refractivity contribution in [3.05, 3.63) is 42.5 Å². The van der Waals surface area contributed by atoms with Gasteiger partial charge in [0.05, 0.1) is 24.4 Å².